The van der Waals surface area contributed by atoms with Gasteiger partial charge in [0.2, 0.25) is 0 Å². The van der Waals surface area contributed by atoms with E-state index in [-0.39, 0.29) is 17.4 Å². The Kier molecular flexibility index (Phi) is 2.93. The summed E-state index contributed by atoms with van der Waals surface area (Å²) in [5.74, 6) is -0.671. The number of anilines is 1. The van der Waals surface area contributed by atoms with Gasteiger partial charge in [-0.2, -0.15) is 5.10 Å². The zero-order valence-corrected chi connectivity index (χ0v) is 15.4. The van der Waals surface area contributed by atoms with Gasteiger partial charge in [0.15, 0.2) is 5.65 Å². The lowest BCUT2D eigenvalue weighted by Crippen LogP contribution is -2.26. The third kappa shape index (κ3) is 2.82. The van der Waals surface area contributed by atoms with Crippen LogP contribution in [0.2, 0.25) is 0 Å². The number of aromatic nitrogens is 4. The Morgan fingerprint density at radius 2 is 2.32 bits per heavy atom. The molecule has 1 N–H and O–H groups in total. The van der Waals surface area contributed by atoms with Gasteiger partial charge in [0.1, 0.15) is 11.6 Å². The molecule has 3 aromatic heterocycles. The van der Waals surface area contributed by atoms with Gasteiger partial charge in [0.05, 0.1) is 25.3 Å². The van der Waals surface area contributed by atoms with Crippen molar-refractivity contribution in [3.8, 4) is 0 Å². The van der Waals surface area contributed by atoms with E-state index in [1.54, 1.807) is 12.4 Å². The van der Waals surface area contributed by atoms with Crippen molar-refractivity contribution < 1.29 is 11.2 Å². The number of aryl methyl sites for hydroxylation is 1. The number of hydrogen-bond acceptors (Lipinski definition) is 5. The highest BCUT2D eigenvalue weighted by Crippen LogP contribution is 2.37. The van der Waals surface area contributed by atoms with Crippen molar-refractivity contribution in [2.75, 3.05) is 11.4 Å². The molecule has 7 heteroatoms. The van der Waals surface area contributed by atoms with Crippen molar-refractivity contribution in [3.63, 3.8) is 0 Å². The van der Waals surface area contributed by atoms with E-state index in [2.05, 4.69) is 27.0 Å². The fourth-order valence-electron chi connectivity index (χ4n) is 3.64. The van der Waals surface area contributed by atoms with Gasteiger partial charge >= 0.3 is 0 Å². The van der Waals surface area contributed by atoms with E-state index in [9.17, 15) is 5.76 Å². The van der Waals surface area contributed by atoms with E-state index in [4.69, 9.17) is 5.48 Å². The normalized spacial score (nSPS) is 31.1. The summed E-state index contributed by atoms with van der Waals surface area (Å²) in [4.78, 5) is 9.80. The molecule has 0 radical (unpaired) electrons. The second-order valence-electron chi connectivity index (χ2n) is 7.02. The minimum atomic E-state index is -2.37. The maximum absolute atomic E-state index is 14.4. The van der Waals surface area contributed by atoms with Gasteiger partial charge in [-0.15, -0.1) is 0 Å². The Morgan fingerprint density at radius 1 is 1.43 bits per heavy atom. The molecule has 5 rings (SSSR count). The summed E-state index contributed by atoms with van der Waals surface area (Å²) in [6.45, 7) is 3.78. The highest BCUT2D eigenvalue weighted by atomic mass is 19.1. The average molecular weight is 383 g/mol. The van der Waals surface area contributed by atoms with Crippen LogP contribution in [-0.2, 0) is 6.42 Å². The van der Waals surface area contributed by atoms with Crippen LogP contribution in [0.3, 0.4) is 0 Å². The quantitative estimate of drug-likeness (QED) is 0.644. The Balaban J connectivity index is 1.84. The molecule has 0 aromatic carbocycles. The molecule has 2 aliphatic rings. The van der Waals surface area contributed by atoms with Gasteiger partial charge in [-0.3, -0.25) is 4.98 Å². The average Bonchev–Trinajstić information content (AvgIpc) is 3.20. The highest BCUT2D eigenvalue weighted by molar-refractivity contribution is 5.74. The molecule has 5 heterocycles. The first-order chi connectivity index (χ1) is 15.4. The molecule has 2 aliphatic heterocycles. The van der Waals surface area contributed by atoms with E-state index in [1.807, 2.05) is 6.92 Å². The van der Waals surface area contributed by atoms with Gasteiger partial charge in [0, 0.05) is 35.6 Å². The van der Waals surface area contributed by atoms with Crippen molar-refractivity contribution in [2.45, 2.75) is 44.6 Å². The van der Waals surface area contributed by atoms with Crippen molar-refractivity contribution in [3.05, 3.63) is 59.9 Å². The first-order valence-corrected chi connectivity index (χ1v) is 9.19. The molecule has 3 aromatic rings. The smallest absolute Gasteiger partial charge is 0.166 e. The molecule has 6 nitrogen and oxygen atoms in total. The molecule has 0 amide bonds. The van der Waals surface area contributed by atoms with Crippen LogP contribution in [0, 0.1) is 5.82 Å². The summed E-state index contributed by atoms with van der Waals surface area (Å²) in [5, 5.41) is 7.59. The number of pyridine rings is 1. The summed E-state index contributed by atoms with van der Waals surface area (Å²) in [6, 6.07) is 0.201. The minimum Gasteiger partial charge on any atom is -0.382 e. The predicted molar refractivity (Wildman–Crippen MR) is 106 cm³/mol. The third-order valence-electron chi connectivity index (χ3n) is 5.05. The topological polar surface area (TPSA) is 58.4 Å². The number of fused-ring (bicyclic) bond motifs is 5. The van der Waals surface area contributed by atoms with Crippen LogP contribution < -0.4 is 10.2 Å². The third-order valence-corrected chi connectivity index (χ3v) is 5.05. The summed E-state index contributed by atoms with van der Waals surface area (Å²) >= 11 is 0. The Labute approximate surface area is 170 Å². The Morgan fingerprint density at radius 3 is 3.21 bits per heavy atom. The minimum absolute atomic E-state index is 0.00504. The maximum atomic E-state index is 14.4. The molecule has 0 saturated carbocycles. The number of rotatable bonds is 0. The van der Waals surface area contributed by atoms with Crippen LogP contribution in [0.1, 0.15) is 55.8 Å². The standard InChI is InChI=1S/C21H23FN6/c1-13-5-6-18-16(10-15(22)11-23-18)19-4-3-8-27(19)20-7-9-28-21(26-20)17(12-24-28)14(2)25-13/h7,9-13,19,25H,2-6,8H2,1H3/t13-,19+/m1/s1/i4D2,8D2,19D. The van der Waals surface area contributed by atoms with Crippen molar-refractivity contribution >= 4 is 17.2 Å². The van der Waals surface area contributed by atoms with E-state index < -0.39 is 31.1 Å². The summed E-state index contributed by atoms with van der Waals surface area (Å²) < 4.78 is 60.0. The lowest BCUT2D eigenvalue weighted by Gasteiger charge is -2.27. The molecule has 0 aliphatic carbocycles. The molecule has 2 atom stereocenters. The van der Waals surface area contributed by atoms with Crippen LogP contribution in [0.4, 0.5) is 10.2 Å². The fraction of sp³-hybridized carbons (Fsp3) is 0.381. The Hall–Kier alpha value is -2.96. The van der Waals surface area contributed by atoms with Gasteiger partial charge in [-0.05, 0) is 50.3 Å². The van der Waals surface area contributed by atoms with Crippen molar-refractivity contribution in [1.82, 2.24) is 24.9 Å². The SMILES string of the molecule is [2H]C1([2H])CC([2H])([2H])[C@@]2([2H])c3cc(F)cnc3CC[C@@H](C)NC(=C)c3cnn4ccc(nc34)N12. The van der Waals surface area contributed by atoms with E-state index in [1.165, 1.54) is 10.6 Å². The van der Waals surface area contributed by atoms with E-state index in [0.29, 0.717) is 35.4 Å². The first-order valence-electron chi connectivity index (χ1n) is 11.7. The molecule has 1 saturated heterocycles. The fourth-order valence-corrected chi connectivity index (χ4v) is 3.64. The number of hydrogen-bond donors (Lipinski definition) is 1. The van der Waals surface area contributed by atoms with Crippen molar-refractivity contribution in [2.24, 2.45) is 0 Å². The predicted octanol–water partition coefficient (Wildman–Crippen LogP) is 3.50. The molecule has 144 valence electrons. The summed E-state index contributed by atoms with van der Waals surface area (Å²) in [5.41, 5.74) is 1.93. The number of halogens is 1. The maximum Gasteiger partial charge on any atom is 0.166 e. The first kappa shape index (κ1) is 12.5. The van der Waals surface area contributed by atoms with Gasteiger partial charge in [-0.1, -0.05) is 6.58 Å². The molecule has 2 bridgehead atoms. The van der Waals surface area contributed by atoms with Crippen LogP contribution in [0.15, 0.2) is 37.3 Å². The lowest BCUT2D eigenvalue weighted by molar-refractivity contribution is 0.575. The molecule has 1 fully saturated rings. The van der Waals surface area contributed by atoms with Crippen LogP contribution in [-0.4, -0.2) is 32.1 Å². The van der Waals surface area contributed by atoms with Crippen molar-refractivity contribution in [1.29, 1.82) is 0 Å². The van der Waals surface area contributed by atoms with Crippen LogP contribution in [0.5, 0.6) is 0 Å². The molecular weight excluding hydrogens is 355 g/mol. The largest absolute Gasteiger partial charge is 0.382 e. The van der Waals surface area contributed by atoms with E-state index in [0.717, 1.165) is 17.2 Å². The monoisotopic (exact) mass is 383 g/mol. The molecule has 0 spiro atoms. The van der Waals surface area contributed by atoms with Crippen LogP contribution >= 0.6 is 0 Å². The lowest BCUT2D eigenvalue weighted by atomic mass is 9.98. The second-order valence-corrected chi connectivity index (χ2v) is 7.02. The van der Waals surface area contributed by atoms with Crippen LogP contribution in [0.25, 0.3) is 11.3 Å². The molecule has 28 heavy (non-hydrogen) atoms. The van der Waals surface area contributed by atoms with Gasteiger partial charge < -0.3 is 10.2 Å². The number of nitrogens with one attached hydrogen (secondary N) is 1. The summed E-state index contributed by atoms with van der Waals surface area (Å²) in [6.07, 6.45) is 2.14. The number of nitrogens with zero attached hydrogens (tertiary/aromatic N) is 5. The highest BCUT2D eigenvalue weighted by Gasteiger charge is 2.30. The molecular formula is C21H23FN6. The zero-order valence-electron chi connectivity index (χ0n) is 20.4. The second kappa shape index (κ2) is 6.58. The van der Waals surface area contributed by atoms with E-state index >= 15 is 0 Å². The zero-order chi connectivity index (χ0) is 23.8. The Bertz CT molecular complexity index is 1280. The van der Waals surface area contributed by atoms with Gasteiger partial charge in [-0.25, -0.2) is 13.9 Å². The summed E-state index contributed by atoms with van der Waals surface area (Å²) in [7, 11) is 0. The molecule has 0 unspecified atom stereocenters. The van der Waals surface area contributed by atoms with Gasteiger partial charge in [0.25, 0.3) is 0 Å².